The van der Waals surface area contributed by atoms with E-state index in [1.165, 1.54) is 31.2 Å². The molecule has 1 heterocycles. The Morgan fingerprint density at radius 2 is 2.21 bits per heavy atom. The van der Waals surface area contributed by atoms with Crippen LogP contribution >= 0.6 is 0 Å². The Labute approximate surface area is 86.5 Å². The van der Waals surface area contributed by atoms with Gasteiger partial charge in [0.15, 0.2) is 0 Å². The largest absolute Gasteiger partial charge is 0.472 e. The molecule has 80 valence electrons. The summed E-state index contributed by atoms with van der Waals surface area (Å²) in [7, 11) is 0. The summed E-state index contributed by atoms with van der Waals surface area (Å²) in [6, 6.07) is 2.29. The van der Waals surface area contributed by atoms with Crippen LogP contribution in [0.1, 0.15) is 44.6 Å². The van der Waals surface area contributed by atoms with Crippen molar-refractivity contribution in [2.24, 2.45) is 5.73 Å². The summed E-state index contributed by atoms with van der Waals surface area (Å²) in [5.41, 5.74) is 7.22. The van der Waals surface area contributed by atoms with Crippen molar-refractivity contribution in [3.05, 3.63) is 24.2 Å². The van der Waals surface area contributed by atoms with Crippen LogP contribution in [0.4, 0.5) is 0 Å². The zero-order valence-electron chi connectivity index (χ0n) is 9.04. The van der Waals surface area contributed by atoms with Crippen molar-refractivity contribution in [1.29, 1.82) is 0 Å². The van der Waals surface area contributed by atoms with Gasteiger partial charge in [-0.15, -0.1) is 0 Å². The van der Waals surface area contributed by atoms with E-state index < -0.39 is 0 Å². The lowest BCUT2D eigenvalue weighted by Gasteiger charge is -2.09. The Morgan fingerprint density at radius 3 is 2.86 bits per heavy atom. The van der Waals surface area contributed by atoms with Gasteiger partial charge >= 0.3 is 0 Å². The number of hydrogen-bond acceptors (Lipinski definition) is 2. The first kappa shape index (κ1) is 11.3. The third-order valence-electron chi connectivity index (χ3n) is 2.51. The van der Waals surface area contributed by atoms with Gasteiger partial charge in [0.25, 0.3) is 0 Å². The lowest BCUT2D eigenvalue weighted by Crippen LogP contribution is -2.22. The summed E-state index contributed by atoms with van der Waals surface area (Å²) in [4.78, 5) is 0. The maximum atomic E-state index is 6.01. The van der Waals surface area contributed by atoms with Crippen LogP contribution in [0.15, 0.2) is 23.0 Å². The molecule has 0 aliphatic carbocycles. The van der Waals surface area contributed by atoms with Crippen molar-refractivity contribution < 1.29 is 4.42 Å². The third-order valence-corrected chi connectivity index (χ3v) is 2.51. The van der Waals surface area contributed by atoms with Gasteiger partial charge in [-0.2, -0.15) is 0 Å². The second kappa shape index (κ2) is 6.66. The molecule has 2 nitrogen and oxygen atoms in total. The fourth-order valence-corrected chi connectivity index (χ4v) is 1.65. The maximum absolute atomic E-state index is 6.01. The summed E-state index contributed by atoms with van der Waals surface area (Å²) in [6.45, 7) is 2.23. The molecule has 0 saturated carbocycles. The van der Waals surface area contributed by atoms with Crippen LogP contribution in [0.3, 0.4) is 0 Å². The van der Waals surface area contributed by atoms with E-state index in [1.807, 2.05) is 6.07 Å². The smallest absolute Gasteiger partial charge is 0.0935 e. The molecule has 0 aromatic carbocycles. The first-order chi connectivity index (χ1) is 6.83. The Hall–Kier alpha value is -0.760. The quantitative estimate of drug-likeness (QED) is 0.679. The van der Waals surface area contributed by atoms with Gasteiger partial charge in [-0.05, 0) is 24.5 Å². The molecule has 1 aromatic rings. The first-order valence-corrected chi connectivity index (χ1v) is 5.59. The maximum Gasteiger partial charge on any atom is 0.0935 e. The van der Waals surface area contributed by atoms with Crippen LogP contribution in [0, 0.1) is 0 Å². The van der Waals surface area contributed by atoms with Gasteiger partial charge in [0.05, 0.1) is 12.5 Å². The fourth-order valence-electron chi connectivity index (χ4n) is 1.65. The average Bonchev–Trinajstić information content (AvgIpc) is 2.65. The molecule has 0 radical (unpaired) electrons. The SMILES string of the molecule is CCCCCCC(N)Cc1ccoc1. The molecule has 1 rings (SSSR count). The lowest BCUT2D eigenvalue weighted by molar-refractivity contribution is 0.535. The highest BCUT2D eigenvalue weighted by molar-refractivity contribution is 5.06. The molecule has 0 aliphatic heterocycles. The summed E-state index contributed by atoms with van der Waals surface area (Å²) in [5, 5.41) is 0. The van der Waals surface area contributed by atoms with E-state index in [9.17, 15) is 0 Å². The number of hydrogen-bond donors (Lipinski definition) is 1. The van der Waals surface area contributed by atoms with E-state index >= 15 is 0 Å². The van der Waals surface area contributed by atoms with Gasteiger partial charge in [0.1, 0.15) is 0 Å². The molecule has 2 N–H and O–H groups in total. The molecule has 0 amide bonds. The van der Waals surface area contributed by atoms with Crippen LogP contribution in [0.25, 0.3) is 0 Å². The minimum Gasteiger partial charge on any atom is -0.472 e. The third kappa shape index (κ3) is 4.47. The van der Waals surface area contributed by atoms with Crippen LogP contribution in [0.5, 0.6) is 0 Å². The number of nitrogens with two attached hydrogens (primary N) is 1. The molecule has 1 unspecified atom stereocenters. The van der Waals surface area contributed by atoms with E-state index in [-0.39, 0.29) is 0 Å². The Kier molecular flexibility index (Phi) is 5.38. The molecule has 1 aromatic heterocycles. The van der Waals surface area contributed by atoms with Crippen molar-refractivity contribution >= 4 is 0 Å². The van der Waals surface area contributed by atoms with E-state index in [0.29, 0.717) is 6.04 Å². The van der Waals surface area contributed by atoms with Gasteiger partial charge < -0.3 is 10.2 Å². The summed E-state index contributed by atoms with van der Waals surface area (Å²) in [5.74, 6) is 0. The van der Waals surface area contributed by atoms with Gasteiger partial charge in [0.2, 0.25) is 0 Å². The fraction of sp³-hybridized carbons (Fsp3) is 0.667. The van der Waals surface area contributed by atoms with Crippen LogP contribution in [-0.4, -0.2) is 6.04 Å². The highest BCUT2D eigenvalue weighted by Crippen LogP contribution is 2.09. The molecule has 14 heavy (non-hydrogen) atoms. The molecule has 0 saturated heterocycles. The van der Waals surface area contributed by atoms with Gasteiger partial charge in [-0.1, -0.05) is 32.6 Å². The van der Waals surface area contributed by atoms with E-state index in [0.717, 1.165) is 12.8 Å². The van der Waals surface area contributed by atoms with Crippen LogP contribution < -0.4 is 5.73 Å². The van der Waals surface area contributed by atoms with Gasteiger partial charge in [-0.3, -0.25) is 0 Å². The molecular weight excluding hydrogens is 174 g/mol. The summed E-state index contributed by atoms with van der Waals surface area (Å²) in [6.07, 6.45) is 10.8. The van der Waals surface area contributed by atoms with E-state index in [1.54, 1.807) is 12.5 Å². The van der Waals surface area contributed by atoms with Crippen molar-refractivity contribution in [2.45, 2.75) is 51.5 Å². The van der Waals surface area contributed by atoms with E-state index in [4.69, 9.17) is 10.2 Å². The second-order valence-corrected chi connectivity index (χ2v) is 3.95. The number of furan rings is 1. The van der Waals surface area contributed by atoms with Crippen molar-refractivity contribution in [3.63, 3.8) is 0 Å². The number of unbranched alkanes of at least 4 members (excludes halogenated alkanes) is 3. The predicted molar refractivity (Wildman–Crippen MR) is 59.1 cm³/mol. The molecule has 1 atom stereocenters. The Morgan fingerprint density at radius 1 is 1.36 bits per heavy atom. The minimum absolute atomic E-state index is 0.296. The summed E-state index contributed by atoms with van der Waals surface area (Å²) < 4.78 is 5.00. The van der Waals surface area contributed by atoms with Crippen molar-refractivity contribution in [2.75, 3.05) is 0 Å². The molecule has 0 bridgehead atoms. The topological polar surface area (TPSA) is 39.2 Å². The predicted octanol–water partition coefficient (Wildman–Crippen LogP) is 3.12. The molecule has 2 heteroatoms. The second-order valence-electron chi connectivity index (χ2n) is 3.95. The van der Waals surface area contributed by atoms with Crippen molar-refractivity contribution in [1.82, 2.24) is 0 Å². The van der Waals surface area contributed by atoms with Crippen LogP contribution in [-0.2, 0) is 6.42 Å². The zero-order chi connectivity index (χ0) is 10.2. The molecule has 0 fully saturated rings. The minimum atomic E-state index is 0.296. The van der Waals surface area contributed by atoms with Crippen LogP contribution in [0.2, 0.25) is 0 Å². The lowest BCUT2D eigenvalue weighted by atomic mass is 10.0. The standard InChI is InChI=1S/C12H21NO/c1-2-3-4-5-6-12(13)9-11-7-8-14-10-11/h7-8,10,12H,2-6,9,13H2,1H3. The zero-order valence-corrected chi connectivity index (χ0v) is 9.04. The molecule has 0 spiro atoms. The van der Waals surface area contributed by atoms with Gasteiger partial charge in [-0.25, -0.2) is 0 Å². The first-order valence-electron chi connectivity index (χ1n) is 5.59. The molecule has 0 aliphatic rings. The highest BCUT2D eigenvalue weighted by Gasteiger charge is 2.04. The summed E-state index contributed by atoms with van der Waals surface area (Å²) >= 11 is 0. The average molecular weight is 195 g/mol. The van der Waals surface area contributed by atoms with Crippen molar-refractivity contribution in [3.8, 4) is 0 Å². The monoisotopic (exact) mass is 195 g/mol. The van der Waals surface area contributed by atoms with E-state index in [2.05, 4.69) is 6.92 Å². The van der Waals surface area contributed by atoms with Gasteiger partial charge in [0, 0.05) is 6.04 Å². The molecular formula is C12H21NO. The Bertz CT molecular complexity index is 218. The normalized spacial score (nSPS) is 13.0. The highest BCUT2D eigenvalue weighted by atomic mass is 16.3. The Balaban J connectivity index is 2.07. The number of rotatable bonds is 7.